The first-order chi connectivity index (χ1) is 14.3. The van der Waals surface area contributed by atoms with Gasteiger partial charge in [0.2, 0.25) is 15.9 Å². The number of benzene rings is 2. The van der Waals surface area contributed by atoms with E-state index in [1.54, 1.807) is 12.1 Å². The molecule has 2 aliphatic rings. The van der Waals surface area contributed by atoms with Gasteiger partial charge in [0, 0.05) is 30.7 Å². The fourth-order valence-corrected chi connectivity index (χ4v) is 6.14. The molecule has 0 aromatic heterocycles. The van der Waals surface area contributed by atoms with Gasteiger partial charge in [0.25, 0.3) is 0 Å². The van der Waals surface area contributed by atoms with Crippen LogP contribution in [0.25, 0.3) is 0 Å². The number of nitrogens with zero attached hydrogens (tertiary/aromatic N) is 2. The second-order valence-electron chi connectivity index (χ2n) is 8.65. The van der Waals surface area contributed by atoms with Crippen molar-refractivity contribution >= 4 is 21.6 Å². The van der Waals surface area contributed by atoms with Gasteiger partial charge >= 0.3 is 0 Å². The monoisotopic (exact) mass is 426 g/mol. The van der Waals surface area contributed by atoms with Crippen LogP contribution < -0.4 is 4.90 Å². The molecule has 0 radical (unpaired) electrons. The summed E-state index contributed by atoms with van der Waals surface area (Å²) in [6.07, 6.45) is 3.08. The fraction of sp³-hybridized carbons (Fsp3) is 0.458. The summed E-state index contributed by atoms with van der Waals surface area (Å²) in [4.78, 5) is 15.7. The van der Waals surface area contributed by atoms with Crippen LogP contribution in [0.2, 0.25) is 0 Å². The third-order valence-electron chi connectivity index (χ3n) is 6.68. The Morgan fingerprint density at radius 2 is 1.67 bits per heavy atom. The number of piperidine rings is 1. The third kappa shape index (κ3) is 3.79. The van der Waals surface area contributed by atoms with Crippen LogP contribution in [0.4, 0.5) is 5.69 Å². The zero-order chi connectivity index (χ0) is 21.5. The summed E-state index contributed by atoms with van der Waals surface area (Å²) in [6.45, 7) is 6.78. The van der Waals surface area contributed by atoms with E-state index in [1.807, 2.05) is 43.0 Å². The Labute approximate surface area is 179 Å². The minimum atomic E-state index is -3.53. The summed E-state index contributed by atoms with van der Waals surface area (Å²) in [5, 5.41) is 0. The normalized spacial score (nSPS) is 20.8. The van der Waals surface area contributed by atoms with Crippen LogP contribution in [0.15, 0.2) is 47.4 Å². The molecule has 0 saturated carbocycles. The molecule has 5 nitrogen and oxygen atoms in total. The van der Waals surface area contributed by atoms with Crippen LogP contribution in [-0.2, 0) is 21.2 Å². The fourth-order valence-electron chi connectivity index (χ4n) is 4.59. The number of rotatable bonds is 3. The number of para-hydroxylation sites is 1. The van der Waals surface area contributed by atoms with Gasteiger partial charge in [-0.2, -0.15) is 4.31 Å². The predicted molar refractivity (Wildman–Crippen MR) is 119 cm³/mol. The maximum Gasteiger partial charge on any atom is 0.243 e. The zero-order valence-electron chi connectivity index (χ0n) is 18.0. The van der Waals surface area contributed by atoms with E-state index in [2.05, 4.69) is 13.0 Å². The zero-order valence-corrected chi connectivity index (χ0v) is 18.8. The van der Waals surface area contributed by atoms with Crippen molar-refractivity contribution < 1.29 is 13.2 Å². The molecule has 0 bridgehead atoms. The summed E-state index contributed by atoms with van der Waals surface area (Å²) in [5.41, 5.74) is 4.29. The Hall–Kier alpha value is -2.18. The van der Waals surface area contributed by atoms with Crippen molar-refractivity contribution in [1.29, 1.82) is 0 Å². The van der Waals surface area contributed by atoms with Crippen LogP contribution in [-0.4, -0.2) is 37.8 Å². The summed E-state index contributed by atoms with van der Waals surface area (Å²) < 4.78 is 27.7. The molecule has 0 spiro atoms. The van der Waals surface area contributed by atoms with Gasteiger partial charge in [-0.1, -0.05) is 24.3 Å². The van der Waals surface area contributed by atoms with Crippen molar-refractivity contribution in [1.82, 2.24) is 4.31 Å². The molecular weight excluding hydrogens is 396 g/mol. The minimum absolute atomic E-state index is 0.134. The SMILES string of the molecule is Cc1ccc(S(=O)(=O)N2CCC(C(=O)N3c4ccccc4CCC3C)CC2)cc1C. The lowest BCUT2D eigenvalue weighted by molar-refractivity contribution is -0.124. The summed E-state index contributed by atoms with van der Waals surface area (Å²) in [5.74, 6) is 0.00249. The van der Waals surface area contributed by atoms with E-state index in [0.717, 1.165) is 29.7 Å². The van der Waals surface area contributed by atoms with Gasteiger partial charge in [-0.25, -0.2) is 8.42 Å². The second kappa shape index (κ2) is 8.16. The van der Waals surface area contributed by atoms with Gasteiger partial charge in [0.05, 0.1) is 4.90 Å². The maximum atomic E-state index is 13.4. The molecule has 160 valence electrons. The van der Waals surface area contributed by atoms with Crippen LogP contribution >= 0.6 is 0 Å². The maximum absolute atomic E-state index is 13.4. The van der Waals surface area contributed by atoms with E-state index in [4.69, 9.17) is 0 Å². The smallest absolute Gasteiger partial charge is 0.243 e. The van der Waals surface area contributed by atoms with Gasteiger partial charge in [-0.15, -0.1) is 0 Å². The average Bonchev–Trinajstić information content (AvgIpc) is 2.75. The Bertz CT molecular complexity index is 1060. The Morgan fingerprint density at radius 1 is 0.967 bits per heavy atom. The highest BCUT2D eigenvalue weighted by Gasteiger charge is 2.37. The lowest BCUT2D eigenvalue weighted by atomic mass is 9.91. The van der Waals surface area contributed by atoms with Crippen molar-refractivity contribution in [2.45, 2.75) is 57.4 Å². The minimum Gasteiger partial charge on any atom is -0.309 e. The van der Waals surface area contributed by atoms with E-state index in [0.29, 0.717) is 30.8 Å². The largest absolute Gasteiger partial charge is 0.309 e. The van der Waals surface area contributed by atoms with Crippen molar-refractivity contribution in [2.24, 2.45) is 5.92 Å². The topological polar surface area (TPSA) is 57.7 Å². The van der Waals surface area contributed by atoms with Crippen LogP contribution in [0.1, 0.15) is 42.9 Å². The Kier molecular flexibility index (Phi) is 5.73. The Morgan fingerprint density at radius 3 is 2.37 bits per heavy atom. The van der Waals surface area contributed by atoms with Gasteiger partial charge in [0.15, 0.2) is 0 Å². The molecule has 30 heavy (non-hydrogen) atoms. The van der Waals surface area contributed by atoms with Gasteiger partial charge in [-0.05, 0) is 81.3 Å². The van der Waals surface area contributed by atoms with E-state index in [1.165, 1.54) is 9.87 Å². The van der Waals surface area contributed by atoms with Crippen LogP contribution in [0.3, 0.4) is 0 Å². The molecule has 1 atom stereocenters. The highest BCUT2D eigenvalue weighted by molar-refractivity contribution is 7.89. The molecule has 1 fully saturated rings. The molecule has 6 heteroatoms. The quantitative estimate of drug-likeness (QED) is 0.743. The number of aryl methyl sites for hydroxylation is 3. The van der Waals surface area contributed by atoms with Crippen LogP contribution in [0.5, 0.6) is 0 Å². The standard InChI is InChI=1S/C24H30N2O3S/c1-17-8-11-22(16-18(17)2)30(28,29)25-14-12-21(13-15-25)24(27)26-19(3)9-10-20-6-4-5-7-23(20)26/h4-8,11,16,19,21H,9-10,12-15H2,1-3H3. The lowest BCUT2D eigenvalue weighted by Crippen LogP contribution is -2.48. The molecule has 2 aromatic carbocycles. The molecule has 2 heterocycles. The van der Waals surface area contributed by atoms with Crippen molar-refractivity contribution in [3.8, 4) is 0 Å². The van der Waals surface area contributed by atoms with E-state index in [9.17, 15) is 13.2 Å². The molecule has 2 aliphatic heterocycles. The number of hydrogen-bond donors (Lipinski definition) is 0. The number of fused-ring (bicyclic) bond motifs is 1. The van der Waals surface area contributed by atoms with E-state index in [-0.39, 0.29) is 17.9 Å². The molecular formula is C24H30N2O3S. The number of carbonyl (C=O) groups excluding carboxylic acids is 1. The highest BCUT2D eigenvalue weighted by atomic mass is 32.2. The average molecular weight is 427 g/mol. The molecule has 1 saturated heterocycles. The molecule has 1 unspecified atom stereocenters. The first kappa shape index (κ1) is 21.1. The summed E-state index contributed by atoms with van der Waals surface area (Å²) >= 11 is 0. The first-order valence-electron chi connectivity index (χ1n) is 10.8. The van der Waals surface area contributed by atoms with Gasteiger partial charge < -0.3 is 4.90 Å². The van der Waals surface area contributed by atoms with Gasteiger partial charge in [0.1, 0.15) is 0 Å². The number of anilines is 1. The van der Waals surface area contributed by atoms with E-state index < -0.39 is 10.0 Å². The Balaban J connectivity index is 1.48. The first-order valence-corrected chi connectivity index (χ1v) is 12.2. The predicted octanol–water partition coefficient (Wildman–Crippen LogP) is 4.07. The molecule has 2 aromatic rings. The lowest BCUT2D eigenvalue weighted by Gasteiger charge is -2.39. The molecule has 4 rings (SSSR count). The molecule has 1 amide bonds. The second-order valence-corrected chi connectivity index (χ2v) is 10.6. The number of hydrogen-bond acceptors (Lipinski definition) is 3. The van der Waals surface area contributed by atoms with Crippen molar-refractivity contribution in [2.75, 3.05) is 18.0 Å². The van der Waals surface area contributed by atoms with Crippen molar-refractivity contribution in [3.05, 3.63) is 59.2 Å². The number of carbonyl (C=O) groups is 1. The number of sulfonamides is 1. The molecule has 0 N–H and O–H groups in total. The molecule has 0 aliphatic carbocycles. The van der Waals surface area contributed by atoms with Crippen molar-refractivity contribution in [3.63, 3.8) is 0 Å². The number of amides is 1. The van der Waals surface area contributed by atoms with Crippen LogP contribution in [0, 0.1) is 19.8 Å². The van der Waals surface area contributed by atoms with E-state index >= 15 is 0 Å². The summed E-state index contributed by atoms with van der Waals surface area (Å²) in [6, 6.07) is 13.6. The third-order valence-corrected chi connectivity index (χ3v) is 8.57. The van der Waals surface area contributed by atoms with Gasteiger partial charge in [-0.3, -0.25) is 4.79 Å². The highest BCUT2D eigenvalue weighted by Crippen LogP contribution is 2.34. The summed E-state index contributed by atoms with van der Waals surface area (Å²) in [7, 11) is -3.53.